The van der Waals surface area contributed by atoms with Gasteiger partial charge in [-0.25, -0.2) is 9.97 Å². The number of aromatic nitrogens is 8. The minimum absolute atomic E-state index is 0.111. The average molecular weight is 624 g/mol. The molecule has 15 nitrogen and oxygen atoms in total. The normalized spacial score (nSPS) is 16.8. The summed E-state index contributed by atoms with van der Waals surface area (Å²) in [6.07, 6.45) is 6.52. The number of nitrogens with zero attached hydrogens (tertiary/aromatic N) is 9. The first-order valence-corrected chi connectivity index (χ1v) is 15.5. The van der Waals surface area contributed by atoms with Crippen molar-refractivity contribution in [1.82, 2.24) is 44.6 Å². The summed E-state index contributed by atoms with van der Waals surface area (Å²) in [5.41, 5.74) is 11.1. The Balaban J connectivity index is 1.00. The maximum Gasteiger partial charge on any atom is 0.323 e. The van der Waals surface area contributed by atoms with Crippen LogP contribution in [0, 0.1) is 13.8 Å². The van der Waals surface area contributed by atoms with Gasteiger partial charge in [0.1, 0.15) is 6.10 Å². The average Bonchev–Trinajstić information content (AvgIpc) is 3.83. The number of carbonyl (C=O) groups is 1. The molecule has 5 N–H and O–H groups in total. The number of hydrogen-bond acceptors (Lipinski definition) is 12. The Morgan fingerprint density at radius 1 is 1.13 bits per heavy atom. The molecule has 6 heterocycles. The van der Waals surface area contributed by atoms with Crippen LogP contribution in [0.5, 0.6) is 6.01 Å². The molecule has 5 aromatic rings. The Hall–Kier alpha value is -5.31. The van der Waals surface area contributed by atoms with Crippen LogP contribution < -0.4 is 26.0 Å². The molecule has 0 aliphatic carbocycles. The fourth-order valence-corrected chi connectivity index (χ4v) is 6.02. The first-order chi connectivity index (χ1) is 22.3. The van der Waals surface area contributed by atoms with Crippen LogP contribution >= 0.6 is 0 Å². The smallest absolute Gasteiger partial charge is 0.323 e. The molecule has 1 aromatic carbocycles. The summed E-state index contributed by atoms with van der Waals surface area (Å²) in [4.78, 5) is 42.9. The van der Waals surface area contributed by atoms with Crippen LogP contribution in [0.4, 0.5) is 29.4 Å². The van der Waals surface area contributed by atoms with E-state index in [2.05, 4.69) is 50.5 Å². The number of carbonyl (C=O) groups excluding carboxylic acids is 1. The fourth-order valence-electron chi connectivity index (χ4n) is 6.02. The van der Waals surface area contributed by atoms with Gasteiger partial charge < -0.3 is 31.0 Å². The van der Waals surface area contributed by atoms with Gasteiger partial charge >= 0.3 is 6.01 Å². The highest BCUT2D eigenvalue weighted by Crippen LogP contribution is 2.33. The molecule has 15 heteroatoms. The van der Waals surface area contributed by atoms with Crippen molar-refractivity contribution >= 4 is 46.2 Å². The van der Waals surface area contributed by atoms with Gasteiger partial charge in [-0.1, -0.05) is 12.1 Å². The van der Waals surface area contributed by atoms with Crippen molar-refractivity contribution in [3.8, 4) is 17.3 Å². The summed E-state index contributed by atoms with van der Waals surface area (Å²) in [6.45, 7) is 7.29. The Morgan fingerprint density at radius 3 is 2.78 bits per heavy atom. The molecule has 4 aromatic heterocycles. The second kappa shape index (κ2) is 12.2. The fraction of sp³-hybridized carbons (Fsp3) is 0.387. The Bertz CT molecular complexity index is 1880. The Labute approximate surface area is 265 Å². The molecule has 46 heavy (non-hydrogen) atoms. The highest BCUT2D eigenvalue weighted by atomic mass is 16.5. The monoisotopic (exact) mass is 623 g/mol. The number of rotatable bonds is 9. The summed E-state index contributed by atoms with van der Waals surface area (Å²) >= 11 is 0. The van der Waals surface area contributed by atoms with E-state index in [9.17, 15) is 4.79 Å². The number of fused-ring (bicyclic) bond motifs is 1. The number of nitrogens with two attached hydrogens (primary N) is 1. The number of para-hydroxylation sites is 1. The zero-order valence-corrected chi connectivity index (χ0v) is 26.1. The first kappa shape index (κ1) is 29.4. The molecular weight excluding hydrogens is 586 g/mol. The van der Waals surface area contributed by atoms with Crippen molar-refractivity contribution in [3.63, 3.8) is 0 Å². The summed E-state index contributed by atoms with van der Waals surface area (Å²) in [5, 5.41) is 11.7. The first-order valence-electron chi connectivity index (χ1n) is 15.5. The number of benzene rings is 1. The number of aryl methyl sites for hydroxylation is 3. The molecule has 0 unspecified atom stereocenters. The van der Waals surface area contributed by atoms with Crippen LogP contribution in [0.2, 0.25) is 0 Å². The number of hydrogen-bond donors (Lipinski definition) is 4. The van der Waals surface area contributed by atoms with Crippen molar-refractivity contribution in [2.75, 3.05) is 54.0 Å². The van der Waals surface area contributed by atoms with Crippen LogP contribution in [0.3, 0.4) is 0 Å². The molecular formula is C31H37N13O2. The SMILES string of the molecule is Cc1cnc(Nc2cc(C)n(C)n2)nc1-c1c[nH]c2c(NC(=O)CN3CC[C@H](Oc4nc(N)nc(N5CCCC5)n4)C3)cccc12. The van der Waals surface area contributed by atoms with E-state index in [1.54, 1.807) is 10.9 Å². The summed E-state index contributed by atoms with van der Waals surface area (Å²) < 4.78 is 7.87. The number of amides is 1. The molecule has 2 aliphatic rings. The lowest BCUT2D eigenvalue weighted by Gasteiger charge is -2.18. The van der Waals surface area contributed by atoms with Crippen molar-refractivity contribution in [3.05, 3.63) is 47.9 Å². The molecule has 0 radical (unpaired) electrons. The van der Waals surface area contributed by atoms with E-state index in [1.807, 2.05) is 51.4 Å². The van der Waals surface area contributed by atoms with Crippen molar-refractivity contribution in [2.24, 2.45) is 7.05 Å². The highest BCUT2D eigenvalue weighted by molar-refractivity contribution is 6.06. The minimum atomic E-state index is -0.146. The lowest BCUT2D eigenvalue weighted by molar-refractivity contribution is -0.117. The van der Waals surface area contributed by atoms with Gasteiger partial charge in [-0.05, 0) is 44.7 Å². The van der Waals surface area contributed by atoms with E-state index in [0.29, 0.717) is 29.9 Å². The van der Waals surface area contributed by atoms with E-state index in [0.717, 1.165) is 72.3 Å². The zero-order chi connectivity index (χ0) is 31.8. The number of aromatic amines is 1. The van der Waals surface area contributed by atoms with Gasteiger partial charge in [0.2, 0.25) is 23.8 Å². The van der Waals surface area contributed by atoms with Crippen LogP contribution in [-0.4, -0.2) is 89.3 Å². The predicted molar refractivity (Wildman–Crippen MR) is 175 cm³/mol. The lowest BCUT2D eigenvalue weighted by atomic mass is 10.1. The van der Waals surface area contributed by atoms with Crippen LogP contribution in [0.1, 0.15) is 30.5 Å². The van der Waals surface area contributed by atoms with Crippen molar-refractivity contribution in [2.45, 2.75) is 39.2 Å². The molecule has 0 bridgehead atoms. The van der Waals surface area contributed by atoms with E-state index < -0.39 is 0 Å². The number of ether oxygens (including phenoxy) is 1. The second-order valence-corrected chi connectivity index (χ2v) is 11.9. The molecule has 2 aliphatic heterocycles. The summed E-state index contributed by atoms with van der Waals surface area (Å²) in [6, 6.07) is 8.00. The van der Waals surface area contributed by atoms with E-state index in [4.69, 9.17) is 15.5 Å². The third-order valence-electron chi connectivity index (χ3n) is 8.45. The van der Waals surface area contributed by atoms with Gasteiger partial charge in [-0.15, -0.1) is 0 Å². The van der Waals surface area contributed by atoms with Crippen molar-refractivity contribution in [1.29, 1.82) is 0 Å². The number of nitrogens with one attached hydrogen (secondary N) is 3. The minimum Gasteiger partial charge on any atom is -0.459 e. The number of nitrogen functional groups attached to an aromatic ring is 1. The van der Waals surface area contributed by atoms with E-state index >= 15 is 0 Å². The van der Waals surface area contributed by atoms with Crippen LogP contribution in [0.15, 0.2) is 36.7 Å². The maximum absolute atomic E-state index is 13.2. The number of H-pyrrole nitrogens is 1. The Morgan fingerprint density at radius 2 is 1.98 bits per heavy atom. The molecule has 238 valence electrons. The van der Waals surface area contributed by atoms with Gasteiger partial charge in [0, 0.05) is 68.3 Å². The predicted octanol–water partition coefficient (Wildman–Crippen LogP) is 3.18. The molecule has 0 spiro atoms. The Kier molecular flexibility index (Phi) is 7.82. The van der Waals surface area contributed by atoms with Gasteiger partial charge in [-0.2, -0.15) is 20.1 Å². The van der Waals surface area contributed by atoms with E-state index in [1.165, 1.54) is 0 Å². The number of anilines is 5. The molecule has 2 saturated heterocycles. The molecule has 2 fully saturated rings. The van der Waals surface area contributed by atoms with Gasteiger partial charge in [0.05, 0.1) is 23.4 Å². The third kappa shape index (κ3) is 6.13. The molecule has 7 rings (SSSR count). The zero-order valence-electron chi connectivity index (χ0n) is 26.1. The van der Waals surface area contributed by atoms with Crippen molar-refractivity contribution < 1.29 is 9.53 Å². The van der Waals surface area contributed by atoms with Crippen LogP contribution in [-0.2, 0) is 11.8 Å². The van der Waals surface area contributed by atoms with Gasteiger partial charge in [0.25, 0.3) is 0 Å². The quantitative estimate of drug-likeness (QED) is 0.189. The second-order valence-electron chi connectivity index (χ2n) is 11.9. The largest absolute Gasteiger partial charge is 0.459 e. The molecule has 1 amide bonds. The molecule has 0 saturated carbocycles. The topological polar surface area (TPSA) is 181 Å². The third-order valence-corrected chi connectivity index (χ3v) is 8.45. The summed E-state index contributed by atoms with van der Waals surface area (Å²) in [7, 11) is 1.89. The van der Waals surface area contributed by atoms with Crippen LogP contribution in [0.25, 0.3) is 22.2 Å². The van der Waals surface area contributed by atoms with Gasteiger partial charge in [0.15, 0.2) is 5.82 Å². The molecule has 1 atom stereocenters. The van der Waals surface area contributed by atoms with Gasteiger partial charge in [-0.3, -0.25) is 14.4 Å². The maximum atomic E-state index is 13.2. The number of likely N-dealkylation sites (tertiary alicyclic amines) is 1. The standard InChI is InChI=1S/C31H37N13O2/c1-18-14-34-29(36-24-13-19(2)42(3)41-24)37-26(18)22-15-33-27-21(22)7-6-8-23(27)35-25(45)17-43-12-9-20(16-43)46-31-39-28(32)38-30(40-31)44-10-4-5-11-44/h6-8,13-15,20,33H,4-5,9-12,16-17H2,1-3H3,(H,35,45)(H2,32,38,39,40)(H,34,36,37,41)/t20-/m0/s1. The lowest BCUT2D eigenvalue weighted by Crippen LogP contribution is -2.33. The van der Waals surface area contributed by atoms with E-state index in [-0.39, 0.29) is 30.5 Å². The highest BCUT2D eigenvalue weighted by Gasteiger charge is 2.27. The summed E-state index contributed by atoms with van der Waals surface area (Å²) in [5.74, 6) is 1.73.